The molecule has 0 amide bonds. The van der Waals surface area contributed by atoms with Crippen LogP contribution >= 0.6 is 34.5 Å². The molecule has 2 rings (SSSR count). The van der Waals surface area contributed by atoms with Crippen LogP contribution in [0.5, 0.6) is 0 Å². The van der Waals surface area contributed by atoms with Crippen LogP contribution in [0.3, 0.4) is 0 Å². The number of thiophene rings is 1. The first-order valence-corrected chi connectivity index (χ1v) is 7.56. The van der Waals surface area contributed by atoms with Gasteiger partial charge >= 0.3 is 0 Å². The summed E-state index contributed by atoms with van der Waals surface area (Å²) >= 11 is 13.4. The first kappa shape index (κ1) is 14.6. The predicted octanol–water partition coefficient (Wildman–Crippen LogP) is 3.25. The Morgan fingerprint density at radius 1 is 1.50 bits per heavy atom. The zero-order valence-electron chi connectivity index (χ0n) is 10.2. The summed E-state index contributed by atoms with van der Waals surface area (Å²) in [5, 5.41) is 13.7. The van der Waals surface area contributed by atoms with Crippen molar-refractivity contribution < 1.29 is 9.84 Å². The highest BCUT2D eigenvalue weighted by atomic mass is 35.5. The Bertz CT molecular complexity index is 405. The van der Waals surface area contributed by atoms with Crippen molar-refractivity contribution in [2.75, 3.05) is 19.8 Å². The van der Waals surface area contributed by atoms with Gasteiger partial charge in [-0.2, -0.15) is 0 Å². The van der Waals surface area contributed by atoms with Gasteiger partial charge in [-0.3, -0.25) is 0 Å². The van der Waals surface area contributed by atoms with Gasteiger partial charge in [-0.15, -0.1) is 11.3 Å². The summed E-state index contributed by atoms with van der Waals surface area (Å²) in [6.45, 7) is 3.81. The van der Waals surface area contributed by atoms with E-state index in [1.807, 2.05) is 13.0 Å². The van der Waals surface area contributed by atoms with Crippen LogP contribution < -0.4 is 5.32 Å². The van der Waals surface area contributed by atoms with Crippen molar-refractivity contribution in [1.82, 2.24) is 5.32 Å². The Morgan fingerprint density at radius 3 is 2.72 bits per heavy atom. The molecule has 2 N–H and O–H groups in total. The van der Waals surface area contributed by atoms with Crippen LogP contribution in [0.1, 0.15) is 31.4 Å². The number of aliphatic hydroxyl groups is 1. The molecule has 1 unspecified atom stereocenters. The van der Waals surface area contributed by atoms with Gasteiger partial charge in [0.15, 0.2) is 0 Å². The average molecular weight is 310 g/mol. The third-order valence-electron chi connectivity index (χ3n) is 3.31. The standard InChI is InChI=1S/C12H17Cl2NO2S/c1-8(9-6-10(13)18-11(9)14)15-7-12(16)2-4-17-5-3-12/h6,8,15-16H,2-5,7H2,1H3. The normalized spacial score (nSPS) is 20.9. The van der Waals surface area contributed by atoms with E-state index in [1.165, 1.54) is 11.3 Å². The Kier molecular flexibility index (Phi) is 4.92. The van der Waals surface area contributed by atoms with Gasteiger partial charge in [0.25, 0.3) is 0 Å². The molecule has 0 aliphatic carbocycles. The molecule has 0 saturated carbocycles. The van der Waals surface area contributed by atoms with Crippen LogP contribution in [0.2, 0.25) is 8.67 Å². The predicted molar refractivity (Wildman–Crippen MR) is 75.8 cm³/mol. The fourth-order valence-corrected chi connectivity index (χ4v) is 3.68. The van der Waals surface area contributed by atoms with E-state index in [2.05, 4.69) is 5.32 Å². The van der Waals surface area contributed by atoms with Crippen LogP contribution in [-0.2, 0) is 4.74 Å². The van der Waals surface area contributed by atoms with Crippen molar-refractivity contribution in [3.05, 3.63) is 20.3 Å². The quantitative estimate of drug-likeness (QED) is 0.897. The van der Waals surface area contributed by atoms with Crippen molar-refractivity contribution in [2.45, 2.75) is 31.4 Å². The van der Waals surface area contributed by atoms with Crippen molar-refractivity contribution in [3.8, 4) is 0 Å². The highest BCUT2D eigenvalue weighted by Gasteiger charge is 2.30. The molecule has 2 heterocycles. The van der Waals surface area contributed by atoms with Gasteiger partial charge in [0.2, 0.25) is 0 Å². The van der Waals surface area contributed by atoms with Crippen LogP contribution in [0, 0.1) is 0 Å². The molecule has 102 valence electrons. The van der Waals surface area contributed by atoms with Gasteiger partial charge in [-0.1, -0.05) is 23.2 Å². The highest BCUT2D eigenvalue weighted by molar-refractivity contribution is 7.20. The third kappa shape index (κ3) is 3.59. The van der Waals surface area contributed by atoms with Crippen LogP contribution in [0.4, 0.5) is 0 Å². The maximum absolute atomic E-state index is 10.3. The fraction of sp³-hybridized carbons (Fsp3) is 0.667. The van der Waals surface area contributed by atoms with Gasteiger partial charge in [-0.05, 0) is 18.6 Å². The molecule has 6 heteroatoms. The van der Waals surface area contributed by atoms with Crippen molar-refractivity contribution >= 4 is 34.5 Å². The Labute approximate surface area is 121 Å². The molecule has 0 spiro atoms. The minimum absolute atomic E-state index is 0.0770. The van der Waals surface area contributed by atoms with E-state index in [4.69, 9.17) is 27.9 Å². The summed E-state index contributed by atoms with van der Waals surface area (Å²) in [6, 6.07) is 1.95. The van der Waals surface area contributed by atoms with Crippen LogP contribution in [-0.4, -0.2) is 30.5 Å². The maximum atomic E-state index is 10.3. The number of hydrogen-bond acceptors (Lipinski definition) is 4. The lowest BCUT2D eigenvalue weighted by Gasteiger charge is -2.33. The molecule has 1 saturated heterocycles. The second-order valence-corrected chi connectivity index (χ2v) is 7.00. The summed E-state index contributed by atoms with van der Waals surface area (Å²) in [4.78, 5) is 0. The van der Waals surface area contributed by atoms with Gasteiger partial charge < -0.3 is 15.2 Å². The molecule has 0 aromatic carbocycles. The van der Waals surface area contributed by atoms with E-state index in [0.717, 1.165) is 5.56 Å². The molecular formula is C12H17Cl2NO2S. The highest BCUT2D eigenvalue weighted by Crippen LogP contribution is 2.35. The van der Waals surface area contributed by atoms with E-state index in [9.17, 15) is 5.11 Å². The Hall–Kier alpha value is 0.160. The zero-order valence-corrected chi connectivity index (χ0v) is 12.5. The van der Waals surface area contributed by atoms with E-state index in [-0.39, 0.29) is 6.04 Å². The minimum Gasteiger partial charge on any atom is -0.388 e. The number of hydrogen-bond donors (Lipinski definition) is 2. The average Bonchev–Trinajstić information content (AvgIpc) is 2.67. The van der Waals surface area contributed by atoms with Gasteiger partial charge in [-0.25, -0.2) is 0 Å². The number of ether oxygens (including phenoxy) is 1. The zero-order chi connectivity index (χ0) is 13.2. The molecule has 1 aromatic heterocycles. The molecule has 1 aliphatic rings. The molecular weight excluding hydrogens is 293 g/mol. The topological polar surface area (TPSA) is 41.5 Å². The summed E-state index contributed by atoms with van der Waals surface area (Å²) in [7, 11) is 0. The largest absolute Gasteiger partial charge is 0.388 e. The molecule has 1 atom stereocenters. The lowest BCUT2D eigenvalue weighted by molar-refractivity contribution is -0.0626. The second-order valence-electron chi connectivity index (χ2n) is 4.72. The van der Waals surface area contributed by atoms with Gasteiger partial charge in [0, 0.05) is 38.6 Å². The maximum Gasteiger partial charge on any atom is 0.0991 e. The SMILES string of the molecule is CC(NCC1(O)CCOCC1)c1cc(Cl)sc1Cl. The molecule has 1 fully saturated rings. The molecule has 1 aromatic rings. The van der Waals surface area contributed by atoms with E-state index >= 15 is 0 Å². The van der Waals surface area contributed by atoms with E-state index in [1.54, 1.807) is 0 Å². The van der Waals surface area contributed by atoms with Crippen molar-refractivity contribution in [1.29, 1.82) is 0 Å². The summed E-state index contributed by atoms with van der Waals surface area (Å²) in [5.41, 5.74) is 0.320. The first-order chi connectivity index (χ1) is 8.50. The minimum atomic E-state index is -0.668. The molecule has 0 bridgehead atoms. The molecule has 0 radical (unpaired) electrons. The number of halogens is 2. The summed E-state index contributed by atoms with van der Waals surface area (Å²) < 4.78 is 6.65. The number of rotatable bonds is 4. The smallest absolute Gasteiger partial charge is 0.0991 e. The lowest BCUT2D eigenvalue weighted by atomic mass is 9.94. The van der Waals surface area contributed by atoms with Crippen molar-refractivity contribution in [2.24, 2.45) is 0 Å². The number of nitrogens with one attached hydrogen (secondary N) is 1. The van der Waals surface area contributed by atoms with Crippen LogP contribution in [0.15, 0.2) is 6.07 Å². The first-order valence-electron chi connectivity index (χ1n) is 5.98. The monoisotopic (exact) mass is 309 g/mol. The second kappa shape index (κ2) is 6.07. The van der Waals surface area contributed by atoms with E-state index < -0.39 is 5.60 Å². The van der Waals surface area contributed by atoms with E-state index in [0.29, 0.717) is 41.3 Å². The Balaban J connectivity index is 1.91. The molecule has 3 nitrogen and oxygen atoms in total. The van der Waals surface area contributed by atoms with Gasteiger partial charge in [0.05, 0.1) is 14.3 Å². The molecule has 18 heavy (non-hydrogen) atoms. The summed E-state index contributed by atoms with van der Waals surface area (Å²) in [6.07, 6.45) is 1.34. The lowest BCUT2D eigenvalue weighted by Crippen LogP contribution is -2.45. The third-order valence-corrected chi connectivity index (χ3v) is 4.83. The summed E-state index contributed by atoms with van der Waals surface area (Å²) in [5.74, 6) is 0. The Morgan fingerprint density at radius 2 is 2.17 bits per heavy atom. The molecule has 1 aliphatic heterocycles. The van der Waals surface area contributed by atoms with Crippen molar-refractivity contribution in [3.63, 3.8) is 0 Å². The fourth-order valence-electron chi connectivity index (χ4n) is 2.03. The van der Waals surface area contributed by atoms with Gasteiger partial charge in [0.1, 0.15) is 0 Å². The van der Waals surface area contributed by atoms with Crippen LogP contribution in [0.25, 0.3) is 0 Å².